The second-order valence-corrected chi connectivity index (χ2v) is 5.06. The Labute approximate surface area is 86.8 Å². The van der Waals surface area contributed by atoms with Crippen LogP contribution in [0.4, 0.5) is 0 Å². The van der Waals surface area contributed by atoms with E-state index in [1.165, 1.54) is 4.88 Å². The molecule has 1 aromatic heterocycles. The third kappa shape index (κ3) is 1.43. The maximum Gasteiger partial charge on any atom is 0.312 e. The van der Waals surface area contributed by atoms with E-state index in [0.717, 1.165) is 23.5 Å². The zero-order valence-corrected chi connectivity index (χ0v) is 9.10. The van der Waals surface area contributed by atoms with E-state index < -0.39 is 5.97 Å². The lowest BCUT2D eigenvalue weighted by molar-refractivity contribution is -0.138. The summed E-state index contributed by atoms with van der Waals surface area (Å²) in [6, 6.07) is 0. The Hall–Kier alpha value is -0.900. The molecule has 1 aromatic rings. The fourth-order valence-electron chi connectivity index (χ4n) is 1.73. The lowest BCUT2D eigenvalue weighted by Gasteiger charge is -2.02. The van der Waals surface area contributed by atoms with Crippen LogP contribution in [0.2, 0.25) is 0 Å². The van der Waals surface area contributed by atoms with E-state index in [-0.39, 0.29) is 5.92 Å². The Morgan fingerprint density at radius 3 is 2.93 bits per heavy atom. The SMILES string of the molecule is CC(C)c1nc2c(s1)CCC2C(=O)O. The molecule has 1 unspecified atom stereocenters. The van der Waals surface area contributed by atoms with E-state index in [0.29, 0.717) is 5.92 Å². The highest BCUT2D eigenvalue weighted by molar-refractivity contribution is 7.11. The Morgan fingerprint density at radius 2 is 2.36 bits per heavy atom. The maximum atomic E-state index is 10.9. The van der Waals surface area contributed by atoms with Crippen molar-refractivity contribution in [2.75, 3.05) is 0 Å². The van der Waals surface area contributed by atoms with E-state index in [9.17, 15) is 4.79 Å². The molecule has 0 saturated heterocycles. The van der Waals surface area contributed by atoms with Gasteiger partial charge in [-0.05, 0) is 12.8 Å². The number of carbonyl (C=O) groups is 1. The molecule has 0 aliphatic heterocycles. The van der Waals surface area contributed by atoms with Crippen LogP contribution in [0.15, 0.2) is 0 Å². The molecule has 76 valence electrons. The van der Waals surface area contributed by atoms with Gasteiger partial charge >= 0.3 is 5.97 Å². The zero-order chi connectivity index (χ0) is 10.3. The van der Waals surface area contributed by atoms with Crippen molar-refractivity contribution in [3.8, 4) is 0 Å². The minimum absolute atomic E-state index is 0.353. The molecule has 0 aromatic carbocycles. The quantitative estimate of drug-likeness (QED) is 0.817. The molecule has 2 rings (SSSR count). The van der Waals surface area contributed by atoms with Crippen molar-refractivity contribution in [3.63, 3.8) is 0 Å². The molecule has 0 spiro atoms. The number of fused-ring (bicyclic) bond motifs is 1. The van der Waals surface area contributed by atoms with Crippen LogP contribution in [0.3, 0.4) is 0 Å². The number of aryl methyl sites for hydroxylation is 1. The first-order chi connectivity index (χ1) is 6.59. The summed E-state index contributed by atoms with van der Waals surface area (Å²) in [4.78, 5) is 16.5. The highest BCUT2D eigenvalue weighted by Crippen LogP contribution is 2.38. The summed E-state index contributed by atoms with van der Waals surface area (Å²) in [7, 11) is 0. The van der Waals surface area contributed by atoms with Crippen molar-refractivity contribution >= 4 is 17.3 Å². The molecular weight excluding hydrogens is 198 g/mol. The van der Waals surface area contributed by atoms with Gasteiger partial charge in [0.05, 0.1) is 10.7 Å². The van der Waals surface area contributed by atoms with Gasteiger partial charge in [-0.15, -0.1) is 11.3 Å². The molecule has 1 aliphatic rings. The standard InChI is InChI=1S/C10H13NO2S/c1-5(2)9-11-8-6(10(12)13)3-4-7(8)14-9/h5-6H,3-4H2,1-2H3,(H,12,13). The number of hydrogen-bond acceptors (Lipinski definition) is 3. The lowest BCUT2D eigenvalue weighted by Crippen LogP contribution is -2.08. The van der Waals surface area contributed by atoms with Gasteiger partial charge in [0.15, 0.2) is 0 Å². The van der Waals surface area contributed by atoms with E-state index in [1.54, 1.807) is 11.3 Å². The first-order valence-corrected chi connectivity index (χ1v) is 5.63. The van der Waals surface area contributed by atoms with Crippen molar-refractivity contribution in [1.29, 1.82) is 0 Å². The molecule has 1 N–H and O–H groups in total. The number of aliphatic carboxylic acids is 1. The third-order valence-electron chi connectivity index (χ3n) is 2.53. The smallest absolute Gasteiger partial charge is 0.312 e. The fourth-order valence-corrected chi connectivity index (χ4v) is 2.88. The van der Waals surface area contributed by atoms with Crippen LogP contribution in [0.5, 0.6) is 0 Å². The van der Waals surface area contributed by atoms with Crippen molar-refractivity contribution in [2.24, 2.45) is 0 Å². The summed E-state index contributed by atoms with van der Waals surface area (Å²) in [5.41, 5.74) is 0.825. The number of thiazole rings is 1. The Kier molecular flexibility index (Phi) is 2.31. The van der Waals surface area contributed by atoms with Gasteiger partial charge < -0.3 is 5.11 Å². The molecule has 0 radical (unpaired) electrons. The number of nitrogens with zero attached hydrogens (tertiary/aromatic N) is 1. The van der Waals surface area contributed by atoms with E-state index in [2.05, 4.69) is 18.8 Å². The summed E-state index contributed by atoms with van der Waals surface area (Å²) >= 11 is 1.68. The van der Waals surface area contributed by atoms with Gasteiger partial charge in [-0.3, -0.25) is 4.79 Å². The predicted octanol–water partition coefficient (Wildman–Crippen LogP) is 2.38. The largest absolute Gasteiger partial charge is 0.481 e. The van der Waals surface area contributed by atoms with E-state index >= 15 is 0 Å². The van der Waals surface area contributed by atoms with Crippen LogP contribution in [-0.2, 0) is 11.2 Å². The van der Waals surface area contributed by atoms with Gasteiger partial charge in [0.1, 0.15) is 5.92 Å². The monoisotopic (exact) mass is 211 g/mol. The molecule has 1 atom stereocenters. The number of hydrogen-bond donors (Lipinski definition) is 1. The second kappa shape index (κ2) is 3.35. The van der Waals surface area contributed by atoms with Gasteiger partial charge in [0, 0.05) is 10.8 Å². The summed E-state index contributed by atoms with van der Waals surface area (Å²) < 4.78 is 0. The number of carboxylic acids is 1. The lowest BCUT2D eigenvalue weighted by atomic mass is 10.1. The zero-order valence-electron chi connectivity index (χ0n) is 8.28. The van der Waals surface area contributed by atoms with E-state index in [1.807, 2.05) is 0 Å². The highest BCUT2D eigenvalue weighted by Gasteiger charge is 2.32. The van der Waals surface area contributed by atoms with Crippen LogP contribution in [0.1, 0.15) is 47.7 Å². The van der Waals surface area contributed by atoms with Crippen molar-refractivity contribution in [3.05, 3.63) is 15.6 Å². The predicted molar refractivity (Wildman–Crippen MR) is 54.9 cm³/mol. The van der Waals surface area contributed by atoms with Crippen LogP contribution in [0.25, 0.3) is 0 Å². The van der Waals surface area contributed by atoms with Crippen molar-refractivity contribution < 1.29 is 9.90 Å². The molecule has 0 amide bonds. The average molecular weight is 211 g/mol. The topological polar surface area (TPSA) is 50.2 Å². The molecule has 0 bridgehead atoms. The number of aromatic nitrogens is 1. The molecule has 14 heavy (non-hydrogen) atoms. The molecule has 0 saturated carbocycles. The van der Waals surface area contributed by atoms with E-state index in [4.69, 9.17) is 5.11 Å². The van der Waals surface area contributed by atoms with Gasteiger partial charge in [-0.2, -0.15) is 0 Å². The van der Waals surface area contributed by atoms with Gasteiger partial charge in [-0.1, -0.05) is 13.8 Å². The molecule has 1 aliphatic carbocycles. The number of rotatable bonds is 2. The first-order valence-electron chi connectivity index (χ1n) is 4.82. The molecule has 1 heterocycles. The summed E-state index contributed by atoms with van der Waals surface area (Å²) in [5.74, 6) is -0.682. The van der Waals surface area contributed by atoms with Crippen LogP contribution < -0.4 is 0 Å². The summed E-state index contributed by atoms with van der Waals surface area (Å²) in [6.45, 7) is 4.17. The van der Waals surface area contributed by atoms with Crippen molar-refractivity contribution in [1.82, 2.24) is 4.98 Å². The minimum Gasteiger partial charge on any atom is -0.481 e. The summed E-state index contributed by atoms with van der Waals surface area (Å²) in [5, 5.41) is 10.0. The molecule has 3 nitrogen and oxygen atoms in total. The Bertz CT molecular complexity index is 370. The minimum atomic E-state index is -0.732. The molecule has 4 heteroatoms. The van der Waals surface area contributed by atoms with Crippen LogP contribution >= 0.6 is 11.3 Å². The third-order valence-corrected chi connectivity index (χ3v) is 3.96. The van der Waals surface area contributed by atoms with Crippen molar-refractivity contribution in [2.45, 2.75) is 38.5 Å². The molecule has 0 fully saturated rings. The second-order valence-electron chi connectivity index (χ2n) is 3.94. The Morgan fingerprint density at radius 1 is 1.64 bits per heavy atom. The molecular formula is C10H13NO2S. The van der Waals surface area contributed by atoms with Crippen LogP contribution in [0, 0.1) is 0 Å². The van der Waals surface area contributed by atoms with Gasteiger partial charge in [0.2, 0.25) is 0 Å². The normalized spacial score (nSPS) is 20.1. The maximum absolute atomic E-state index is 10.9. The highest BCUT2D eigenvalue weighted by atomic mass is 32.1. The number of carboxylic acid groups (broad SMARTS) is 1. The first kappa shape index (κ1) is 9.65. The van der Waals surface area contributed by atoms with Gasteiger partial charge in [-0.25, -0.2) is 4.98 Å². The summed E-state index contributed by atoms with van der Waals surface area (Å²) in [6.07, 6.45) is 1.61. The average Bonchev–Trinajstić information content (AvgIpc) is 2.58. The fraction of sp³-hybridized carbons (Fsp3) is 0.600. The van der Waals surface area contributed by atoms with Gasteiger partial charge in [0.25, 0.3) is 0 Å². The Balaban J connectivity index is 2.35. The van der Waals surface area contributed by atoms with Crippen LogP contribution in [-0.4, -0.2) is 16.1 Å².